The number of Topliss-reactive ketones (excluding diaryl/α,β-unsaturated/α-hetero) is 1. The van der Waals surface area contributed by atoms with Gasteiger partial charge in [0.2, 0.25) is 17.7 Å². The Balaban J connectivity index is 1.45. The molecule has 1 aliphatic rings. The number of amides is 3. The number of aliphatic hydroxyl groups is 1. The lowest BCUT2D eigenvalue weighted by Crippen LogP contribution is -2.58. The largest absolute Gasteiger partial charge is 0.492 e. The van der Waals surface area contributed by atoms with Crippen molar-refractivity contribution in [1.82, 2.24) is 20.9 Å². The van der Waals surface area contributed by atoms with Gasteiger partial charge in [-0.2, -0.15) is 0 Å². The number of thioether (sulfide) groups is 1. The van der Waals surface area contributed by atoms with E-state index in [9.17, 15) is 24.3 Å². The minimum absolute atomic E-state index is 0.154. The summed E-state index contributed by atoms with van der Waals surface area (Å²) < 4.78 is 5.52. The third-order valence-corrected chi connectivity index (χ3v) is 9.72. The van der Waals surface area contributed by atoms with Crippen molar-refractivity contribution in [3.63, 3.8) is 0 Å². The molecule has 0 radical (unpaired) electrons. The number of nitrogens with two attached hydrogens (primary N) is 1. The highest BCUT2D eigenvalue weighted by Gasteiger charge is 2.47. The third kappa shape index (κ3) is 10.8. The first-order valence-corrected chi connectivity index (χ1v) is 17.5. The molecule has 0 aromatic heterocycles. The van der Waals surface area contributed by atoms with E-state index in [2.05, 4.69) is 16.0 Å². The normalized spacial score (nSPS) is 18.0. The molecule has 6 N–H and O–H groups in total. The van der Waals surface area contributed by atoms with Crippen LogP contribution in [0.2, 0.25) is 0 Å². The number of hydrogen-bond acceptors (Lipinski definition) is 9. The maximum atomic E-state index is 13.7. The second-order valence-electron chi connectivity index (χ2n) is 14.0. The van der Waals surface area contributed by atoms with E-state index in [1.54, 1.807) is 16.7 Å². The fourth-order valence-corrected chi connectivity index (χ4v) is 7.14. The summed E-state index contributed by atoms with van der Waals surface area (Å²) in [6.07, 6.45) is -1.73. The summed E-state index contributed by atoms with van der Waals surface area (Å²) in [7, 11) is 0. The molecule has 264 valence electrons. The Morgan fingerprint density at radius 1 is 1.02 bits per heavy atom. The van der Waals surface area contributed by atoms with Gasteiger partial charge in [0.25, 0.3) is 0 Å². The molecule has 1 heterocycles. The van der Waals surface area contributed by atoms with Gasteiger partial charge in [-0.1, -0.05) is 66.7 Å². The van der Waals surface area contributed by atoms with Gasteiger partial charge in [0.05, 0.1) is 25.0 Å². The van der Waals surface area contributed by atoms with E-state index in [0.29, 0.717) is 11.6 Å². The van der Waals surface area contributed by atoms with Gasteiger partial charge in [0.1, 0.15) is 24.5 Å². The van der Waals surface area contributed by atoms with E-state index in [0.717, 1.165) is 16.3 Å². The maximum Gasteiger partial charge on any atom is 0.239 e. The van der Waals surface area contributed by atoms with Gasteiger partial charge in [-0.3, -0.25) is 24.1 Å². The number of hydrogen-bond donors (Lipinski definition) is 5. The number of benzene rings is 3. The highest BCUT2D eigenvalue weighted by molar-refractivity contribution is 8.00. The van der Waals surface area contributed by atoms with Crippen LogP contribution in [-0.4, -0.2) is 93.6 Å². The van der Waals surface area contributed by atoms with Crippen LogP contribution in [0.5, 0.6) is 5.75 Å². The standard InChI is InChI=1S/C37H49N5O6S/c1-36(2,3)41-35(47)33-37(4,5)49-23-42(33)22-29(43)32(45)27(20-24-12-7-6-8-13-24)40-34(46)28(21-31(38)44)39-18-19-48-30-17-11-15-25-14-9-10-16-26(25)30/h6-17,27-28,32-33,39,45H,18-23H2,1-5H3,(H2,38,44)(H,40,46)(H,41,47). The van der Waals surface area contributed by atoms with E-state index in [1.165, 1.54) is 0 Å². The van der Waals surface area contributed by atoms with Crippen LogP contribution in [0.25, 0.3) is 10.8 Å². The van der Waals surface area contributed by atoms with E-state index in [4.69, 9.17) is 10.5 Å². The van der Waals surface area contributed by atoms with Crippen molar-refractivity contribution in [2.75, 3.05) is 25.6 Å². The Morgan fingerprint density at radius 2 is 1.69 bits per heavy atom. The van der Waals surface area contributed by atoms with Crippen molar-refractivity contribution in [2.24, 2.45) is 5.73 Å². The Kier molecular flexibility index (Phi) is 12.8. The zero-order valence-corrected chi connectivity index (χ0v) is 29.7. The molecule has 0 bridgehead atoms. The zero-order chi connectivity index (χ0) is 35.8. The molecule has 11 nitrogen and oxygen atoms in total. The molecule has 3 amide bonds. The molecule has 3 aromatic carbocycles. The molecule has 4 rings (SSSR count). The molecule has 0 saturated carbocycles. The molecular formula is C37H49N5O6S. The monoisotopic (exact) mass is 691 g/mol. The first kappa shape index (κ1) is 37.8. The fourth-order valence-electron chi connectivity index (χ4n) is 5.98. The van der Waals surface area contributed by atoms with Gasteiger partial charge in [-0.15, -0.1) is 11.8 Å². The number of fused-ring (bicyclic) bond motifs is 1. The molecule has 12 heteroatoms. The van der Waals surface area contributed by atoms with E-state index < -0.39 is 52.1 Å². The van der Waals surface area contributed by atoms with Gasteiger partial charge < -0.3 is 31.5 Å². The second-order valence-corrected chi connectivity index (χ2v) is 15.6. The number of primary amides is 1. The van der Waals surface area contributed by atoms with Crippen LogP contribution >= 0.6 is 11.8 Å². The number of ether oxygens (including phenoxy) is 1. The van der Waals surface area contributed by atoms with Crippen LogP contribution in [0.4, 0.5) is 0 Å². The van der Waals surface area contributed by atoms with Crippen molar-refractivity contribution in [3.8, 4) is 5.75 Å². The highest BCUT2D eigenvalue weighted by atomic mass is 32.2. The lowest BCUT2D eigenvalue weighted by molar-refractivity contribution is -0.134. The Hall–Kier alpha value is -3.97. The van der Waals surface area contributed by atoms with Gasteiger partial charge in [-0.25, -0.2) is 0 Å². The lowest BCUT2D eigenvalue weighted by atomic mass is 9.96. The molecule has 0 aliphatic carbocycles. The van der Waals surface area contributed by atoms with Gasteiger partial charge in [0, 0.05) is 28.1 Å². The molecule has 1 saturated heterocycles. The van der Waals surface area contributed by atoms with Crippen molar-refractivity contribution in [3.05, 3.63) is 78.4 Å². The second kappa shape index (κ2) is 16.6. The maximum absolute atomic E-state index is 13.7. The number of nitrogens with zero attached hydrogens (tertiary/aromatic N) is 1. The molecule has 1 fully saturated rings. The van der Waals surface area contributed by atoms with Gasteiger partial charge in [-0.05, 0) is 58.1 Å². The summed E-state index contributed by atoms with van der Waals surface area (Å²) >= 11 is 1.56. The van der Waals surface area contributed by atoms with Crippen LogP contribution in [-0.2, 0) is 25.6 Å². The Bertz CT molecular complexity index is 1610. The summed E-state index contributed by atoms with van der Waals surface area (Å²) in [5.74, 6) is -0.878. The van der Waals surface area contributed by atoms with Crippen LogP contribution < -0.4 is 26.4 Å². The number of ketones is 1. The number of carbonyl (C=O) groups is 4. The Labute approximate surface area is 292 Å². The summed E-state index contributed by atoms with van der Waals surface area (Å²) in [6.45, 7) is 9.86. The number of nitrogens with one attached hydrogen (secondary N) is 3. The molecule has 4 unspecified atom stereocenters. The van der Waals surface area contributed by atoms with Crippen LogP contribution in [0, 0.1) is 0 Å². The predicted octanol–water partition coefficient (Wildman–Crippen LogP) is 2.78. The highest BCUT2D eigenvalue weighted by Crippen LogP contribution is 2.39. The molecule has 0 spiro atoms. The molecule has 4 atom stereocenters. The van der Waals surface area contributed by atoms with Crippen LogP contribution in [0.1, 0.15) is 46.6 Å². The summed E-state index contributed by atoms with van der Waals surface area (Å²) in [5, 5.41) is 22.3. The quantitative estimate of drug-likeness (QED) is 0.142. The average Bonchev–Trinajstić information content (AvgIpc) is 3.34. The minimum Gasteiger partial charge on any atom is -0.492 e. The van der Waals surface area contributed by atoms with E-state index in [1.807, 2.05) is 107 Å². The summed E-state index contributed by atoms with van der Waals surface area (Å²) in [4.78, 5) is 54.4. The van der Waals surface area contributed by atoms with Crippen molar-refractivity contribution in [2.45, 2.75) is 82.0 Å². The topological polar surface area (TPSA) is 163 Å². The first-order valence-electron chi connectivity index (χ1n) is 16.5. The lowest BCUT2D eigenvalue weighted by Gasteiger charge is -2.33. The van der Waals surface area contributed by atoms with Gasteiger partial charge in [0.15, 0.2) is 5.78 Å². The number of aliphatic hydroxyl groups excluding tert-OH is 1. The zero-order valence-electron chi connectivity index (χ0n) is 28.9. The van der Waals surface area contributed by atoms with Crippen LogP contribution in [0.15, 0.2) is 72.8 Å². The van der Waals surface area contributed by atoms with E-state index in [-0.39, 0.29) is 38.4 Å². The average molecular weight is 692 g/mol. The predicted molar refractivity (Wildman–Crippen MR) is 193 cm³/mol. The molecule has 3 aromatic rings. The van der Waals surface area contributed by atoms with Gasteiger partial charge >= 0.3 is 0 Å². The fraction of sp³-hybridized carbons (Fsp3) is 0.459. The van der Waals surface area contributed by atoms with Crippen LogP contribution in [0.3, 0.4) is 0 Å². The minimum atomic E-state index is -1.59. The van der Waals surface area contributed by atoms with Crippen molar-refractivity contribution < 1.29 is 29.0 Å². The smallest absolute Gasteiger partial charge is 0.239 e. The summed E-state index contributed by atoms with van der Waals surface area (Å²) in [5.41, 5.74) is 5.84. The summed E-state index contributed by atoms with van der Waals surface area (Å²) in [6, 6.07) is 20.1. The Morgan fingerprint density at radius 3 is 2.39 bits per heavy atom. The van der Waals surface area contributed by atoms with E-state index >= 15 is 0 Å². The number of rotatable bonds is 16. The SMILES string of the molecule is CC(C)(C)NC(=O)C1N(CC(=O)C(O)C(Cc2ccccc2)NC(=O)C(CC(N)=O)NCCOc2cccc3ccccc23)CSC1(C)C. The number of carbonyl (C=O) groups excluding carboxylic acids is 4. The van der Waals surface area contributed by atoms with Crippen molar-refractivity contribution >= 4 is 46.0 Å². The molecule has 49 heavy (non-hydrogen) atoms. The van der Waals surface area contributed by atoms with Crippen molar-refractivity contribution in [1.29, 1.82) is 0 Å². The molecular weight excluding hydrogens is 643 g/mol. The molecule has 1 aliphatic heterocycles. The first-order chi connectivity index (χ1) is 23.1. The third-order valence-electron chi connectivity index (χ3n) is 8.29.